The highest BCUT2D eigenvalue weighted by Crippen LogP contribution is 2.31. The van der Waals surface area contributed by atoms with E-state index in [1.807, 2.05) is 6.92 Å². The van der Waals surface area contributed by atoms with Gasteiger partial charge in [-0.05, 0) is 43.0 Å². The molecular formula is C16H21NO5. The number of rotatable bonds is 4. The zero-order chi connectivity index (χ0) is 16.3. The van der Waals surface area contributed by atoms with Crippen LogP contribution in [0.1, 0.15) is 41.8 Å². The second kappa shape index (κ2) is 6.68. The first-order valence-corrected chi connectivity index (χ1v) is 7.38. The first-order chi connectivity index (χ1) is 10.5. The molecule has 0 spiro atoms. The summed E-state index contributed by atoms with van der Waals surface area (Å²) in [5, 5.41) is 9.27. The molecule has 22 heavy (non-hydrogen) atoms. The van der Waals surface area contributed by atoms with E-state index >= 15 is 0 Å². The molecule has 0 aromatic heterocycles. The summed E-state index contributed by atoms with van der Waals surface area (Å²) in [6, 6.07) is 3.38. The maximum atomic E-state index is 12.1. The van der Waals surface area contributed by atoms with Gasteiger partial charge in [0.05, 0.1) is 13.7 Å². The van der Waals surface area contributed by atoms with Crippen LogP contribution in [-0.2, 0) is 17.7 Å². The lowest BCUT2D eigenvalue weighted by Crippen LogP contribution is -2.44. The standard InChI is InChI=1S/C16H21NO5/c1-4-12-6-10-7-13(15(18)19)14(21-3)8-11(10)9-17(12)16(20)22-5-2/h7-8,12H,4-6,9H2,1-3H3,(H,18,19). The minimum absolute atomic E-state index is 0.0154. The topological polar surface area (TPSA) is 76.1 Å². The minimum atomic E-state index is -1.01. The van der Waals surface area contributed by atoms with Crippen LogP contribution in [-0.4, -0.2) is 41.8 Å². The van der Waals surface area contributed by atoms with Crippen LogP contribution in [0, 0.1) is 0 Å². The van der Waals surface area contributed by atoms with Gasteiger partial charge in [0.25, 0.3) is 0 Å². The van der Waals surface area contributed by atoms with Crippen LogP contribution < -0.4 is 4.74 Å². The predicted octanol–water partition coefficient (Wildman–Crippen LogP) is 2.69. The number of ether oxygens (including phenoxy) is 2. The van der Waals surface area contributed by atoms with E-state index in [0.29, 0.717) is 25.3 Å². The zero-order valence-electron chi connectivity index (χ0n) is 13.1. The maximum Gasteiger partial charge on any atom is 0.410 e. The first kappa shape index (κ1) is 16.1. The molecule has 120 valence electrons. The summed E-state index contributed by atoms with van der Waals surface area (Å²) in [5.41, 5.74) is 2.01. The van der Waals surface area contributed by atoms with Gasteiger partial charge in [-0.25, -0.2) is 9.59 Å². The average molecular weight is 307 g/mol. The number of hydrogen-bond donors (Lipinski definition) is 1. The summed E-state index contributed by atoms with van der Waals surface area (Å²) in [7, 11) is 1.44. The number of aromatic carboxylic acids is 1. The van der Waals surface area contributed by atoms with E-state index in [2.05, 4.69) is 0 Å². The summed E-state index contributed by atoms with van der Waals surface area (Å²) in [4.78, 5) is 25.1. The van der Waals surface area contributed by atoms with Crippen molar-refractivity contribution in [1.82, 2.24) is 4.90 Å². The van der Waals surface area contributed by atoms with Gasteiger partial charge in [0.15, 0.2) is 0 Å². The van der Waals surface area contributed by atoms with Crippen molar-refractivity contribution in [2.24, 2.45) is 0 Å². The molecule has 1 heterocycles. The Kier molecular flexibility index (Phi) is 4.90. The quantitative estimate of drug-likeness (QED) is 0.925. The van der Waals surface area contributed by atoms with Crippen LogP contribution in [0.15, 0.2) is 12.1 Å². The van der Waals surface area contributed by atoms with E-state index in [0.717, 1.165) is 17.5 Å². The minimum Gasteiger partial charge on any atom is -0.496 e. The fourth-order valence-corrected chi connectivity index (χ4v) is 2.80. The van der Waals surface area contributed by atoms with Crippen molar-refractivity contribution in [3.05, 3.63) is 28.8 Å². The molecule has 0 aliphatic carbocycles. The second-order valence-corrected chi connectivity index (χ2v) is 5.22. The van der Waals surface area contributed by atoms with Crippen molar-refractivity contribution in [2.75, 3.05) is 13.7 Å². The number of carboxylic acid groups (broad SMARTS) is 1. The van der Waals surface area contributed by atoms with Gasteiger partial charge in [0.2, 0.25) is 0 Å². The highest BCUT2D eigenvalue weighted by molar-refractivity contribution is 5.91. The van der Waals surface area contributed by atoms with Crippen molar-refractivity contribution in [3.63, 3.8) is 0 Å². The molecule has 1 aromatic carbocycles. The molecular weight excluding hydrogens is 286 g/mol. The zero-order valence-corrected chi connectivity index (χ0v) is 13.1. The summed E-state index contributed by atoms with van der Waals surface area (Å²) in [6.07, 6.45) is 1.07. The lowest BCUT2D eigenvalue weighted by Gasteiger charge is -2.36. The number of benzene rings is 1. The third-order valence-corrected chi connectivity index (χ3v) is 3.96. The maximum absolute atomic E-state index is 12.1. The largest absolute Gasteiger partial charge is 0.496 e. The van der Waals surface area contributed by atoms with Gasteiger partial charge in [-0.3, -0.25) is 0 Å². The van der Waals surface area contributed by atoms with Crippen molar-refractivity contribution < 1.29 is 24.2 Å². The number of carbonyl (C=O) groups is 2. The summed E-state index contributed by atoms with van der Waals surface area (Å²) < 4.78 is 10.3. The number of hydrogen-bond acceptors (Lipinski definition) is 4. The summed E-state index contributed by atoms with van der Waals surface area (Å²) in [5.74, 6) is -0.703. The Hall–Kier alpha value is -2.24. The average Bonchev–Trinajstić information content (AvgIpc) is 2.52. The molecule has 0 radical (unpaired) electrons. The van der Waals surface area contributed by atoms with Crippen LogP contribution in [0.2, 0.25) is 0 Å². The monoisotopic (exact) mass is 307 g/mol. The van der Waals surface area contributed by atoms with E-state index in [-0.39, 0.29) is 17.7 Å². The van der Waals surface area contributed by atoms with Crippen LogP contribution >= 0.6 is 0 Å². The normalized spacial score (nSPS) is 16.9. The Morgan fingerprint density at radius 2 is 2.05 bits per heavy atom. The van der Waals surface area contributed by atoms with Gasteiger partial charge in [0.1, 0.15) is 11.3 Å². The number of methoxy groups -OCH3 is 1. The van der Waals surface area contributed by atoms with Crippen molar-refractivity contribution >= 4 is 12.1 Å². The SMILES string of the molecule is CCOC(=O)N1Cc2cc(OC)c(C(=O)O)cc2CC1CC. The molecule has 2 rings (SSSR count). The molecule has 0 saturated heterocycles. The number of amides is 1. The summed E-state index contributed by atoms with van der Waals surface area (Å²) >= 11 is 0. The van der Waals surface area contributed by atoms with E-state index in [1.54, 1.807) is 24.0 Å². The van der Waals surface area contributed by atoms with Crippen LogP contribution in [0.3, 0.4) is 0 Å². The van der Waals surface area contributed by atoms with Crippen molar-refractivity contribution in [3.8, 4) is 5.75 Å². The third kappa shape index (κ3) is 3.00. The molecule has 1 atom stereocenters. The van der Waals surface area contributed by atoms with Crippen molar-refractivity contribution in [1.29, 1.82) is 0 Å². The van der Waals surface area contributed by atoms with Crippen LogP contribution in [0.5, 0.6) is 5.75 Å². The van der Waals surface area contributed by atoms with Gasteiger partial charge in [-0.2, -0.15) is 0 Å². The number of fused-ring (bicyclic) bond motifs is 1. The highest BCUT2D eigenvalue weighted by Gasteiger charge is 2.31. The molecule has 1 unspecified atom stereocenters. The third-order valence-electron chi connectivity index (χ3n) is 3.96. The molecule has 1 aliphatic heterocycles. The number of nitrogens with zero attached hydrogens (tertiary/aromatic N) is 1. The molecule has 0 bridgehead atoms. The molecule has 0 fully saturated rings. The Balaban J connectivity index is 2.39. The van der Waals surface area contributed by atoms with E-state index in [1.165, 1.54) is 7.11 Å². The van der Waals surface area contributed by atoms with Gasteiger partial charge < -0.3 is 19.5 Å². The molecule has 1 amide bonds. The van der Waals surface area contributed by atoms with E-state index in [9.17, 15) is 14.7 Å². The highest BCUT2D eigenvalue weighted by atomic mass is 16.6. The predicted molar refractivity (Wildman–Crippen MR) is 80.3 cm³/mol. The van der Waals surface area contributed by atoms with Gasteiger partial charge in [0, 0.05) is 12.6 Å². The Labute approximate surface area is 129 Å². The lowest BCUT2D eigenvalue weighted by molar-refractivity contribution is 0.0689. The molecule has 6 heteroatoms. The first-order valence-electron chi connectivity index (χ1n) is 7.38. The van der Waals surface area contributed by atoms with Crippen LogP contribution in [0.25, 0.3) is 0 Å². The van der Waals surface area contributed by atoms with Crippen molar-refractivity contribution in [2.45, 2.75) is 39.3 Å². The molecule has 0 saturated carbocycles. The molecule has 1 N–H and O–H groups in total. The Morgan fingerprint density at radius 1 is 1.32 bits per heavy atom. The van der Waals surface area contributed by atoms with Gasteiger partial charge >= 0.3 is 12.1 Å². The summed E-state index contributed by atoms with van der Waals surface area (Å²) in [6.45, 7) is 4.52. The lowest BCUT2D eigenvalue weighted by atomic mass is 9.91. The number of carbonyl (C=O) groups excluding carboxylic acids is 1. The van der Waals surface area contributed by atoms with E-state index < -0.39 is 5.97 Å². The fourth-order valence-electron chi connectivity index (χ4n) is 2.80. The molecule has 1 aromatic rings. The van der Waals surface area contributed by atoms with Gasteiger partial charge in [-0.1, -0.05) is 6.92 Å². The number of carboxylic acids is 1. The Morgan fingerprint density at radius 3 is 2.59 bits per heavy atom. The smallest absolute Gasteiger partial charge is 0.410 e. The van der Waals surface area contributed by atoms with Crippen LogP contribution in [0.4, 0.5) is 4.79 Å². The Bertz CT molecular complexity index is 584. The fraction of sp³-hybridized carbons (Fsp3) is 0.500. The van der Waals surface area contributed by atoms with E-state index in [4.69, 9.17) is 9.47 Å². The van der Waals surface area contributed by atoms with Gasteiger partial charge in [-0.15, -0.1) is 0 Å². The second-order valence-electron chi connectivity index (χ2n) is 5.22. The molecule has 1 aliphatic rings. The molecule has 6 nitrogen and oxygen atoms in total.